The largest absolute Gasteiger partial charge is 0.494 e. The number of aliphatic imine (C=N–C) groups is 1. The van der Waals surface area contributed by atoms with Crippen molar-refractivity contribution >= 4 is 5.96 Å². The lowest BCUT2D eigenvalue weighted by molar-refractivity contribution is 0.123. The first-order chi connectivity index (χ1) is 11.9. The quantitative estimate of drug-likeness (QED) is 0.351. The third-order valence-electron chi connectivity index (χ3n) is 3.74. The molecule has 0 aliphatic heterocycles. The minimum atomic E-state index is 0.682. The Labute approximate surface area is 145 Å². The molecule has 2 rings (SSSR count). The predicted molar refractivity (Wildman–Crippen MR) is 98.7 cm³/mol. The Kier molecular flexibility index (Phi) is 9.09. The van der Waals surface area contributed by atoms with Gasteiger partial charge in [-0.15, -0.1) is 0 Å². The Morgan fingerprint density at radius 2 is 1.96 bits per heavy atom. The van der Waals surface area contributed by atoms with E-state index in [0.29, 0.717) is 6.61 Å². The zero-order valence-corrected chi connectivity index (χ0v) is 14.8. The van der Waals surface area contributed by atoms with Crippen LogP contribution in [0.3, 0.4) is 0 Å². The molecule has 0 radical (unpaired) electrons. The summed E-state index contributed by atoms with van der Waals surface area (Å²) in [7, 11) is 0. The van der Waals surface area contributed by atoms with E-state index in [0.717, 1.165) is 63.3 Å². The van der Waals surface area contributed by atoms with E-state index < -0.39 is 0 Å². The number of para-hydroxylation sites is 1. The van der Waals surface area contributed by atoms with Crippen LogP contribution in [0.2, 0.25) is 0 Å². The van der Waals surface area contributed by atoms with E-state index in [-0.39, 0.29) is 0 Å². The van der Waals surface area contributed by atoms with Crippen molar-refractivity contribution in [3.8, 4) is 5.75 Å². The van der Waals surface area contributed by atoms with Crippen molar-refractivity contribution in [3.05, 3.63) is 30.3 Å². The fourth-order valence-electron chi connectivity index (χ4n) is 2.22. The Hall–Kier alpha value is -1.75. The molecule has 1 saturated carbocycles. The van der Waals surface area contributed by atoms with Gasteiger partial charge >= 0.3 is 0 Å². The molecule has 5 nitrogen and oxygen atoms in total. The van der Waals surface area contributed by atoms with Crippen molar-refractivity contribution < 1.29 is 9.47 Å². The van der Waals surface area contributed by atoms with E-state index >= 15 is 0 Å². The van der Waals surface area contributed by atoms with Gasteiger partial charge in [0, 0.05) is 39.3 Å². The van der Waals surface area contributed by atoms with E-state index in [1.807, 2.05) is 30.3 Å². The van der Waals surface area contributed by atoms with Crippen molar-refractivity contribution in [3.63, 3.8) is 0 Å². The van der Waals surface area contributed by atoms with Crippen molar-refractivity contribution in [2.75, 3.05) is 39.5 Å². The average molecular weight is 333 g/mol. The number of ether oxygens (including phenoxy) is 2. The second kappa shape index (κ2) is 11.7. The Morgan fingerprint density at radius 3 is 2.71 bits per heavy atom. The summed E-state index contributed by atoms with van der Waals surface area (Å²) >= 11 is 0. The van der Waals surface area contributed by atoms with E-state index in [1.165, 1.54) is 12.8 Å². The summed E-state index contributed by atoms with van der Waals surface area (Å²) < 4.78 is 11.3. The third kappa shape index (κ3) is 8.77. The van der Waals surface area contributed by atoms with Gasteiger partial charge in [0.05, 0.1) is 6.61 Å². The zero-order valence-electron chi connectivity index (χ0n) is 14.8. The first-order valence-electron chi connectivity index (χ1n) is 9.16. The maximum atomic E-state index is 5.67. The van der Waals surface area contributed by atoms with E-state index in [1.54, 1.807) is 0 Å². The fraction of sp³-hybridized carbons (Fsp3) is 0.632. The highest BCUT2D eigenvalue weighted by molar-refractivity contribution is 5.79. The molecular formula is C19H31N3O2. The highest BCUT2D eigenvalue weighted by atomic mass is 16.5. The highest BCUT2D eigenvalue weighted by Crippen LogP contribution is 2.28. The summed E-state index contributed by atoms with van der Waals surface area (Å²) in [6.07, 6.45) is 4.61. The van der Waals surface area contributed by atoms with Gasteiger partial charge in [-0.1, -0.05) is 18.2 Å². The van der Waals surface area contributed by atoms with Crippen molar-refractivity contribution in [1.82, 2.24) is 10.6 Å². The van der Waals surface area contributed by atoms with Gasteiger partial charge in [-0.2, -0.15) is 0 Å². The minimum Gasteiger partial charge on any atom is -0.494 e. The molecule has 2 N–H and O–H groups in total. The van der Waals surface area contributed by atoms with Gasteiger partial charge < -0.3 is 20.1 Å². The standard InChI is InChI=1S/C19H31N3O2/c1-2-20-19(21-12-6-14-23-16-17-10-11-17)22-13-7-15-24-18-8-4-3-5-9-18/h3-5,8-9,17H,2,6-7,10-16H2,1H3,(H2,20,21,22). The summed E-state index contributed by atoms with van der Waals surface area (Å²) in [5, 5.41) is 6.62. The minimum absolute atomic E-state index is 0.682. The molecule has 1 aromatic carbocycles. The molecule has 0 spiro atoms. The predicted octanol–water partition coefficient (Wildman–Crippen LogP) is 2.83. The van der Waals surface area contributed by atoms with Crippen LogP contribution in [-0.4, -0.2) is 45.4 Å². The molecule has 0 amide bonds. The van der Waals surface area contributed by atoms with Crippen LogP contribution >= 0.6 is 0 Å². The molecule has 1 aliphatic rings. The Balaban J connectivity index is 1.52. The second-order valence-electron chi connectivity index (χ2n) is 6.07. The molecular weight excluding hydrogens is 302 g/mol. The van der Waals surface area contributed by atoms with Crippen LogP contribution in [0, 0.1) is 5.92 Å². The first-order valence-corrected chi connectivity index (χ1v) is 9.16. The molecule has 134 valence electrons. The van der Waals surface area contributed by atoms with E-state index in [9.17, 15) is 0 Å². The number of rotatable bonds is 12. The van der Waals surface area contributed by atoms with Crippen LogP contribution in [0.4, 0.5) is 0 Å². The lowest BCUT2D eigenvalue weighted by Gasteiger charge is -2.11. The Bertz CT molecular complexity index is 461. The molecule has 1 aromatic rings. The van der Waals surface area contributed by atoms with Crippen molar-refractivity contribution in [2.45, 2.75) is 32.6 Å². The molecule has 0 atom stereocenters. The third-order valence-corrected chi connectivity index (χ3v) is 3.74. The summed E-state index contributed by atoms with van der Waals surface area (Å²) in [6.45, 7) is 7.03. The number of hydrogen-bond acceptors (Lipinski definition) is 3. The van der Waals surface area contributed by atoms with Gasteiger partial charge in [0.2, 0.25) is 0 Å². The van der Waals surface area contributed by atoms with Gasteiger partial charge in [0.1, 0.15) is 5.75 Å². The number of benzene rings is 1. The molecule has 0 aromatic heterocycles. The van der Waals surface area contributed by atoms with Crippen LogP contribution in [0.25, 0.3) is 0 Å². The van der Waals surface area contributed by atoms with Gasteiger partial charge in [-0.3, -0.25) is 4.99 Å². The maximum Gasteiger partial charge on any atom is 0.191 e. The Morgan fingerprint density at radius 1 is 1.12 bits per heavy atom. The van der Waals surface area contributed by atoms with Crippen LogP contribution < -0.4 is 15.4 Å². The maximum absolute atomic E-state index is 5.67. The highest BCUT2D eigenvalue weighted by Gasteiger charge is 2.20. The lowest BCUT2D eigenvalue weighted by Crippen LogP contribution is -2.38. The van der Waals surface area contributed by atoms with Crippen LogP contribution in [0.1, 0.15) is 32.6 Å². The summed E-state index contributed by atoms with van der Waals surface area (Å²) in [6, 6.07) is 9.90. The molecule has 0 saturated heterocycles. The van der Waals surface area contributed by atoms with E-state index in [2.05, 4.69) is 22.5 Å². The van der Waals surface area contributed by atoms with Gasteiger partial charge in [-0.05, 0) is 44.2 Å². The van der Waals surface area contributed by atoms with Crippen LogP contribution in [0.15, 0.2) is 35.3 Å². The molecule has 0 bridgehead atoms. The SMILES string of the molecule is CCNC(=NCCCOc1ccccc1)NCCCOCC1CC1. The van der Waals surface area contributed by atoms with E-state index in [4.69, 9.17) is 9.47 Å². The number of guanidine groups is 1. The van der Waals surface area contributed by atoms with Gasteiger partial charge in [0.25, 0.3) is 0 Å². The summed E-state index contributed by atoms with van der Waals surface area (Å²) in [5.74, 6) is 2.63. The van der Waals surface area contributed by atoms with Crippen LogP contribution in [-0.2, 0) is 4.74 Å². The summed E-state index contributed by atoms with van der Waals surface area (Å²) in [5.41, 5.74) is 0. The number of nitrogens with one attached hydrogen (secondary N) is 2. The normalized spacial score (nSPS) is 14.5. The fourth-order valence-corrected chi connectivity index (χ4v) is 2.22. The van der Waals surface area contributed by atoms with Crippen molar-refractivity contribution in [1.29, 1.82) is 0 Å². The topological polar surface area (TPSA) is 54.9 Å². The smallest absolute Gasteiger partial charge is 0.191 e. The lowest BCUT2D eigenvalue weighted by atomic mass is 10.3. The van der Waals surface area contributed by atoms with Crippen LogP contribution in [0.5, 0.6) is 5.75 Å². The average Bonchev–Trinajstić information content (AvgIpc) is 3.42. The van der Waals surface area contributed by atoms with Gasteiger partial charge in [-0.25, -0.2) is 0 Å². The number of hydrogen-bond donors (Lipinski definition) is 2. The molecule has 24 heavy (non-hydrogen) atoms. The number of nitrogens with zero attached hydrogens (tertiary/aromatic N) is 1. The van der Waals surface area contributed by atoms with Crippen molar-refractivity contribution in [2.24, 2.45) is 10.9 Å². The molecule has 5 heteroatoms. The molecule has 1 aliphatic carbocycles. The second-order valence-corrected chi connectivity index (χ2v) is 6.07. The monoisotopic (exact) mass is 333 g/mol. The van der Waals surface area contributed by atoms with Gasteiger partial charge in [0.15, 0.2) is 5.96 Å². The first kappa shape index (κ1) is 18.6. The molecule has 0 heterocycles. The molecule has 0 unspecified atom stereocenters. The molecule has 1 fully saturated rings. The zero-order chi connectivity index (χ0) is 16.9. The summed E-state index contributed by atoms with van der Waals surface area (Å²) in [4.78, 5) is 4.57.